The van der Waals surface area contributed by atoms with Crippen molar-refractivity contribution in [3.05, 3.63) is 36.9 Å². The summed E-state index contributed by atoms with van der Waals surface area (Å²) in [5.41, 5.74) is 2.64. The molecule has 1 aliphatic rings. The molecule has 3 aromatic heterocycles. The number of thiazole rings is 1. The Morgan fingerprint density at radius 1 is 0.903 bits per heavy atom. The van der Waals surface area contributed by atoms with Crippen LogP contribution in [-0.2, 0) is 7.05 Å². The molecule has 1 aromatic carbocycles. The minimum Gasteiger partial charge on any atom is -0.495 e. The van der Waals surface area contributed by atoms with E-state index in [2.05, 4.69) is 19.9 Å². The van der Waals surface area contributed by atoms with Crippen molar-refractivity contribution >= 4 is 32.5 Å². The van der Waals surface area contributed by atoms with Crippen LogP contribution in [-0.4, -0.2) is 65.1 Å². The van der Waals surface area contributed by atoms with E-state index in [0.717, 1.165) is 70.1 Å². The van der Waals surface area contributed by atoms with E-state index in [-0.39, 0.29) is 0 Å². The van der Waals surface area contributed by atoms with Gasteiger partial charge in [-0.15, -0.1) is 0 Å². The molecule has 4 aromatic rings. The van der Waals surface area contributed by atoms with Crippen molar-refractivity contribution in [2.45, 2.75) is 0 Å². The Morgan fingerprint density at radius 2 is 1.65 bits per heavy atom. The predicted molar refractivity (Wildman–Crippen MR) is 121 cm³/mol. The third-order valence-electron chi connectivity index (χ3n) is 5.40. The molecule has 10 heteroatoms. The summed E-state index contributed by atoms with van der Waals surface area (Å²) >= 11 is 1.64. The second-order valence-corrected chi connectivity index (χ2v) is 8.26. The van der Waals surface area contributed by atoms with Crippen LogP contribution in [0.25, 0.3) is 21.5 Å². The molecule has 9 nitrogen and oxygen atoms in total. The summed E-state index contributed by atoms with van der Waals surface area (Å²) in [7, 11) is 5.24. The maximum Gasteiger partial charge on any atom is 0.186 e. The average Bonchev–Trinajstić information content (AvgIpc) is 3.45. The van der Waals surface area contributed by atoms with Crippen LogP contribution in [0.15, 0.2) is 36.9 Å². The summed E-state index contributed by atoms with van der Waals surface area (Å²) in [6.07, 6.45) is 7.35. The third-order valence-corrected chi connectivity index (χ3v) is 6.53. The zero-order valence-corrected chi connectivity index (χ0v) is 18.5. The fourth-order valence-electron chi connectivity index (χ4n) is 3.74. The summed E-state index contributed by atoms with van der Waals surface area (Å²) in [6, 6.07) is 3.82. The molecule has 0 radical (unpaired) electrons. The number of benzene rings is 1. The highest BCUT2D eigenvalue weighted by Gasteiger charge is 2.23. The van der Waals surface area contributed by atoms with Crippen LogP contribution >= 0.6 is 11.3 Å². The highest BCUT2D eigenvalue weighted by atomic mass is 32.1. The third kappa shape index (κ3) is 3.63. The number of ether oxygens (including phenoxy) is 2. The summed E-state index contributed by atoms with van der Waals surface area (Å²) < 4.78 is 13.8. The van der Waals surface area contributed by atoms with E-state index in [1.165, 1.54) is 0 Å². The standard InChI is InChI=1S/C21H23N7O2S/c1-26-13-14(10-23-26)15-11-22-12-18(24-15)27-6-8-28(9-7-27)21-25-19-16(29-2)4-5-17(30-3)20(19)31-21/h4-5,10-13H,6-9H2,1-3H3. The van der Waals surface area contributed by atoms with Crippen molar-refractivity contribution in [1.29, 1.82) is 0 Å². The molecule has 0 N–H and O–H groups in total. The minimum absolute atomic E-state index is 0.763. The van der Waals surface area contributed by atoms with Gasteiger partial charge in [0.1, 0.15) is 27.5 Å². The highest BCUT2D eigenvalue weighted by molar-refractivity contribution is 7.22. The molecule has 1 fully saturated rings. The first-order valence-electron chi connectivity index (χ1n) is 9.98. The lowest BCUT2D eigenvalue weighted by molar-refractivity contribution is 0.410. The van der Waals surface area contributed by atoms with Crippen LogP contribution in [0.3, 0.4) is 0 Å². The maximum absolute atomic E-state index is 5.52. The number of anilines is 2. The Morgan fingerprint density at radius 3 is 2.35 bits per heavy atom. The second-order valence-electron chi connectivity index (χ2n) is 7.28. The fraction of sp³-hybridized carbons (Fsp3) is 0.333. The molecule has 0 bridgehead atoms. The molecule has 1 saturated heterocycles. The molecule has 160 valence electrons. The van der Waals surface area contributed by atoms with Crippen LogP contribution in [0.5, 0.6) is 11.5 Å². The van der Waals surface area contributed by atoms with Gasteiger partial charge in [0.05, 0.1) is 38.5 Å². The lowest BCUT2D eigenvalue weighted by atomic mass is 10.2. The van der Waals surface area contributed by atoms with Gasteiger partial charge in [0.2, 0.25) is 0 Å². The monoisotopic (exact) mass is 437 g/mol. The second kappa shape index (κ2) is 8.03. The van der Waals surface area contributed by atoms with Gasteiger partial charge in [0, 0.05) is 45.0 Å². The Labute approximate surface area is 183 Å². The number of hydrogen-bond donors (Lipinski definition) is 0. The molecule has 5 rings (SSSR count). The molecular weight excluding hydrogens is 414 g/mol. The summed E-state index contributed by atoms with van der Waals surface area (Å²) in [4.78, 5) is 18.6. The first kappa shape index (κ1) is 19.6. The average molecular weight is 438 g/mol. The fourth-order valence-corrected chi connectivity index (χ4v) is 4.86. The normalized spacial score (nSPS) is 14.3. The van der Waals surface area contributed by atoms with Crippen molar-refractivity contribution < 1.29 is 9.47 Å². The lowest BCUT2D eigenvalue weighted by Crippen LogP contribution is -2.46. The SMILES string of the molecule is COc1ccc(OC)c2sc(N3CCN(c4cncc(-c5cnn(C)c5)n4)CC3)nc12. The topological polar surface area (TPSA) is 81.4 Å². The molecule has 0 unspecified atom stereocenters. The molecule has 4 heterocycles. The van der Waals surface area contributed by atoms with Gasteiger partial charge in [0.15, 0.2) is 5.13 Å². The molecule has 0 spiro atoms. The Bertz CT molecular complexity index is 1170. The summed E-state index contributed by atoms with van der Waals surface area (Å²) in [6.45, 7) is 3.39. The van der Waals surface area contributed by atoms with Gasteiger partial charge in [-0.1, -0.05) is 11.3 Å². The van der Waals surface area contributed by atoms with E-state index < -0.39 is 0 Å². The van der Waals surface area contributed by atoms with Crippen molar-refractivity contribution in [3.8, 4) is 22.8 Å². The molecule has 31 heavy (non-hydrogen) atoms. The van der Waals surface area contributed by atoms with E-state index >= 15 is 0 Å². The zero-order chi connectivity index (χ0) is 21.4. The van der Waals surface area contributed by atoms with Crippen LogP contribution in [0.4, 0.5) is 10.9 Å². The lowest BCUT2D eigenvalue weighted by Gasteiger charge is -2.35. The number of methoxy groups -OCH3 is 2. The van der Waals surface area contributed by atoms with Crippen LogP contribution < -0.4 is 19.3 Å². The molecule has 0 aliphatic carbocycles. The number of piperazine rings is 1. The molecule has 0 saturated carbocycles. The van der Waals surface area contributed by atoms with Crippen molar-refractivity contribution in [2.75, 3.05) is 50.2 Å². The number of aromatic nitrogens is 5. The van der Waals surface area contributed by atoms with Gasteiger partial charge in [-0.05, 0) is 12.1 Å². The van der Waals surface area contributed by atoms with E-state index in [1.807, 2.05) is 31.6 Å². The van der Waals surface area contributed by atoms with Crippen molar-refractivity contribution in [1.82, 2.24) is 24.7 Å². The smallest absolute Gasteiger partial charge is 0.186 e. The van der Waals surface area contributed by atoms with Crippen LogP contribution in [0.1, 0.15) is 0 Å². The van der Waals surface area contributed by atoms with E-state index in [0.29, 0.717) is 0 Å². The van der Waals surface area contributed by atoms with Gasteiger partial charge >= 0.3 is 0 Å². The predicted octanol–water partition coefficient (Wildman–Crippen LogP) is 2.83. The first-order chi connectivity index (χ1) is 15.2. The molecule has 1 aliphatic heterocycles. The number of rotatable bonds is 5. The summed E-state index contributed by atoms with van der Waals surface area (Å²) in [5, 5.41) is 5.21. The van der Waals surface area contributed by atoms with Gasteiger partial charge in [-0.3, -0.25) is 9.67 Å². The quantitative estimate of drug-likeness (QED) is 0.472. The molecule has 0 atom stereocenters. The number of nitrogens with zero attached hydrogens (tertiary/aromatic N) is 7. The highest BCUT2D eigenvalue weighted by Crippen LogP contribution is 2.40. The largest absolute Gasteiger partial charge is 0.495 e. The van der Waals surface area contributed by atoms with Crippen molar-refractivity contribution in [2.24, 2.45) is 7.05 Å². The van der Waals surface area contributed by atoms with Crippen LogP contribution in [0.2, 0.25) is 0 Å². The van der Waals surface area contributed by atoms with Gasteiger partial charge in [-0.2, -0.15) is 5.10 Å². The number of aryl methyl sites for hydroxylation is 1. The van der Waals surface area contributed by atoms with E-state index in [9.17, 15) is 0 Å². The maximum atomic E-state index is 5.52. The Hall–Kier alpha value is -3.40. The van der Waals surface area contributed by atoms with Gasteiger partial charge < -0.3 is 19.3 Å². The van der Waals surface area contributed by atoms with Crippen LogP contribution in [0, 0.1) is 0 Å². The Balaban J connectivity index is 1.34. The number of fused-ring (bicyclic) bond motifs is 1. The van der Waals surface area contributed by atoms with E-state index in [1.54, 1.807) is 42.6 Å². The molecular formula is C21H23N7O2S. The minimum atomic E-state index is 0.763. The number of hydrogen-bond acceptors (Lipinski definition) is 9. The summed E-state index contributed by atoms with van der Waals surface area (Å²) in [5.74, 6) is 2.47. The van der Waals surface area contributed by atoms with Gasteiger partial charge in [-0.25, -0.2) is 9.97 Å². The zero-order valence-electron chi connectivity index (χ0n) is 17.6. The first-order valence-corrected chi connectivity index (χ1v) is 10.8. The van der Waals surface area contributed by atoms with Gasteiger partial charge in [0.25, 0.3) is 0 Å². The van der Waals surface area contributed by atoms with E-state index in [4.69, 9.17) is 19.4 Å². The molecule has 0 amide bonds. The van der Waals surface area contributed by atoms with Crippen molar-refractivity contribution in [3.63, 3.8) is 0 Å². The Kier molecular flexibility index (Phi) is 5.06.